The first kappa shape index (κ1) is 23.8. The summed E-state index contributed by atoms with van der Waals surface area (Å²) in [5.74, 6) is 1.95. The monoisotopic (exact) mass is 504 g/mol. The zero-order chi connectivity index (χ0) is 24.9. The Morgan fingerprint density at radius 1 is 1.06 bits per heavy atom. The number of amides is 1. The summed E-state index contributed by atoms with van der Waals surface area (Å²) in [7, 11) is 0. The van der Waals surface area contributed by atoms with Crippen LogP contribution in [-0.2, 0) is 4.79 Å². The highest BCUT2D eigenvalue weighted by atomic mass is 35.5. The van der Waals surface area contributed by atoms with Crippen molar-refractivity contribution in [1.29, 1.82) is 0 Å². The Balaban J connectivity index is 1.38. The molecule has 2 N–H and O–H groups in total. The maximum atomic E-state index is 12.9. The SMILES string of the molecule is C[C@@H](Oc1cccc2ncnc(Nc3ccc(Oc4ccccn4)c(Cl)c3)c12)C(=O)N1CCNCC1. The van der Waals surface area contributed by atoms with Crippen LogP contribution < -0.4 is 20.1 Å². The molecule has 0 unspecified atom stereocenters. The maximum Gasteiger partial charge on any atom is 0.263 e. The molecule has 1 fully saturated rings. The minimum atomic E-state index is -0.653. The lowest BCUT2D eigenvalue weighted by molar-refractivity contribution is -0.138. The Kier molecular flexibility index (Phi) is 7.11. The summed E-state index contributed by atoms with van der Waals surface area (Å²) in [5.41, 5.74) is 1.39. The molecule has 0 radical (unpaired) electrons. The van der Waals surface area contributed by atoms with Gasteiger partial charge in [-0.05, 0) is 43.3 Å². The number of anilines is 2. The van der Waals surface area contributed by atoms with Gasteiger partial charge >= 0.3 is 0 Å². The molecule has 3 heterocycles. The molecule has 0 spiro atoms. The van der Waals surface area contributed by atoms with Crippen molar-refractivity contribution >= 4 is 39.9 Å². The van der Waals surface area contributed by atoms with E-state index in [2.05, 4.69) is 25.6 Å². The fraction of sp³-hybridized carbons (Fsp3) is 0.231. The second-order valence-corrected chi connectivity index (χ2v) is 8.66. The van der Waals surface area contributed by atoms with Gasteiger partial charge in [0, 0.05) is 44.1 Å². The predicted octanol–water partition coefficient (Wildman–Crippen LogP) is 4.41. The number of carbonyl (C=O) groups excluding carboxylic acids is 1. The first-order valence-corrected chi connectivity index (χ1v) is 12.0. The van der Waals surface area contributed by atoms with Crippen LogP contribution in [-0.4, -0.2) is 58.0 Å². The van der Waals surface area contributed by atoms with E-state index in [1.165, 1.54) is 6.33 Å². The van der Waals surface area contributed by atoms with Crippen molar-refractivity contribution in [2.24, 2.45) is 0 Å². The number of pyridine rings is 1. The van der Waals surface area contributed by atoms with Crippen molar-refractivity contribution in [2.75, 3.05) is 31.5 Å². The fourth-order valence-electron chi connectivity index (χ4n) is 3.97. The number of halogens is 1. The lowest BCUT2D eigenvalue weighted by atomic mass is 10.2. The second-order valence-electron chi connectivity index (χ2n) is 8.25. The predicted molar refractivity (Wildman–Crippen MR) is 138 cm³/mol. The van der Waals surface area contributed by atoms with Gasteiger partial charge in [0.25, 0.3) is 5.91 Å². The average molecular weight is 505 g/mol. The second kappa shape index (κ2) is 10.8. The molecule has 36 heavy (non-hydrogen) atoms. The molecular formula is C26H25ClN6O3. The van der Waals surface area contributed by atoms with Crippen LogP contribution >= 0.6 is 11.6 Å². The van der Waals surface area contributed by atoms with E-state index in [-0.39, 0.29) is 5.91 Å². The molecule has 5 rings (SSSR count). The van der Waals surface area contributed by atoms with Crippen LogP contribution in [0.25, 0.3) is 10.9 Å². The number of hydrogen-bond donors (Lipinski definition) is 2. The Hall–Kier alpha value is -3.95. The molecule has 1 aliphatic heterocycles. The molecule has 184 valence electrons. The first-order valence-electron chi connectivity index (χ1n) is 11.6. The highest BCUT2D eigenvalue weighted by Crippen LogP contribution is 2.35. The number of benzene rings is 2. The Bertz CT molecular complexity index is 1360. The van der Waals surface area contributed by atoms with Crippen molar-refractivity contribution in [3.8, 4) is 17.4 Å². The highest BCUT2D eigenvalue weighted by Gasteiger charge is 2.24. The normalized spacial score (nSPS) is 14.3. The smallest absolute Gasteiger partial charge is 0.263 e. The van der Waals surface area contributed by atoms with Crippen LogP contribution in [0.1, 0.15) is 6.92 Å². The quantitative estimate of drug-likeness (QED) is 0.381. The summed E-state index contributed by atoms with van der Waals surface area (Å²) in [6.07, 6.45) is 2.47. The van der Waals surface area contributed by atoms with Gasteiger partial charge in [-0.15, -0.1) is 0 Å². The third kappa shape index (κ3) is 5.32. The van der Waals surface area contributed by atoms with Crippen LogP contribution in [0.15, 0.2) is 67.1 Å². The molecule has 1 atom stereocenters. The largest absolute Gasteiger partial charge is 0.480 e. The number of carbonyl (C=O) groups is 1. The molecule has 2 aromatic carbocycles. The molecule has 0 aliphatic carbocycles. The van der Waals surface area contributed by atoms with Crippen molar-refractivity contribution < 1.29 is 14.3 Å². The van der Waals surface area contributed by atoms with Crippen molar-refractivity contribution in [2.45, 2.75) is 13.0 Å². The molecular weight excluding hydrogens is 480 g/mol. The van der Waals surface area contributed by atoms with Gasteiger partial charge in [0.05, 0.1) is 15.9 Å². The minimum absolute atomic E-state index is 0.0462. The number of fused-ring (bicyclic) bond motifs is 1. The van der Waals surface area contributed by atoms with E-state index in [1.807, 2.05) is 41.3 Å². The number of nitrogens with zero attached hydrogens (tertiary/aromatic N) is 4. The molecule has 1 aliphatic rings. The topological polar surface area (TPSA) is 102 Å². The molecule has 9 nitrogen and oxygen atoms in total. The summed E-state index contributed by atoms with van der Waals surface area (Å²) >= 11 is 6.48. The molecule has 1 saturated heterocycles. The van der Waals surface area contributed by atoms with Gasteiger partial charge in [0.1, 0.15) is 23.6 Å². The highest BCUT2D eigenvalue weighted by molar-refractivity contribution is 6.32. The van der Waals surface area contributed by atoms with Crippen LogP contribution in [0.5, 0.6) is 17.4 Å². The van der Waals surface area contributed by atoms with Crippen LogP contribution in [0.2, 0.25) is 5.02 Å². The van der Waals surface area contributed by atoms with Gasteiger partial charge in [0.15, 0.2) is 6.10 Å². The maximum absolute atomic E-state index is 12.9. The molecule has 0 bridgehead atoms. The molecule has 1 amide bonds. The Labute approximate surface area is 213 Å². The van der Waals surface area contributed by atoms with Gasteiger partial charge in [-0.25, -0.2) is 15.0 Å². The zero-order valence-electron chi connectivity index (χ0n) is 19.6. The average Bonchev–Trinajstić information content (AvgIpc) is 2.91. The van der Waals surface area contributed by atoms with E-state index in [0.717, 1.165) is 13.1 Å². The van der Waals surface area contributed by atoms with Crippen molar-refractivity contribution in [3.63, 3.8) is 0 Å². The van der Waals surface area contributed by atoms with Crippen LogP contribution in [0.4, 0.5) is 11.5 Å². The Morgan fingerprint density at radius 2 is 1.92 bits per heavy atom. The summed E-state index contributed by atoms with van der Waals surface area (Å²) in [4.78, 5) is 27.7. The van der Waals surface area contributed by atoms with E-state index in [1.54, 1.807) is 31.3 Å². The van der Waals surface area contributed by atoms with Gasteiger partial charge in [-0.3, -0.25) is 4.79 Å². The lowest BCUT2D eigenvalue weighted by Gasteiger charge is -2.30. The standard InChI is InChI=1S/C26H25ClN6O3/c1-17(26(34)33-13-11-28-12-14-33)35-22-6-4-5-20-24(22)25(31-16-30-20)32-18-8-9-21(19(27)15-18)36-23-7-2-3-10-29-23/h2-10,15-17,28H,11-14H2,1H3,(H,30,31,32)/t17-/m1/s1. The van der Waals surface area contributed by atoms with E-state index in [9.17, 15) is 4.79 Å². The van der Waals surface area contributed by atoms with Crippen LogP contribution in [0, 0.1) is 0 Å². The van der Waals surface area contributed by atoms with Crippen LogP contribution in [0.3, 0.4) is 0 Å². The third-order valence-corrected chi connectivity index (χ3v) is 6.05. The number of hydrogen-bond acceptors (Lipinski definition) is 8. The van der Waals surface area contributed by atoms with Gasteiger partial charge < -0.3 is 25.0 Å². The fourth-order valence-corrected chi connectivity index (χ4v) is 4.19. The Morgan fingerprint density at radius 3 is 2.69 bits per heavy atom. The summed E-state index contributed by atoms with van der Waals surface area (Å²) in [5, 5.41) is 7.63. The van der Waals surface area contributed by atoms with Gasteiger partial charge in [-0.2, -0.15) is 0 Å². The van der Waals surface area contributed by atoms with E-state index in [0.29, 0.717) is 57.9 Å². The molecule has 4 aromatic rings. The molecule has 10 heteroatoms. The molecule has 2 aromatic heterocycles. The molecule has 0 saturated carbocycles. The third-order valence-electron chi connectivity index (χ3n) is 5.75. The van der Waals surface area contributed by atoms with Crippen molar-refractivity contribution in [3.05, 3.63) is 72.1 Å². The number of ether oxygens (including phenoxy) is 2. The first-order chi connectivity index (χ1) is 17.6. The zero-order valence-corrected chi connectivity index (χ0v) is 20.4. The van der Waals surface area contributed by atoms with Crippen molar-refractivity contribution in [1.82, 2.24) is 25.2 Å². The summed E-state index contributed by atoms with van der Waals surface area (Å²) in [6.45, 7) is 4.66. The van der Waals surface area contributed by atoms with E-state index >= 15 is 0 Å². The summed E-state index contributed by atoms with van der Waals surface area (Å²) < 4.78 is 11.9. The van der Waals surface area contributed by atoms with Gasteiger partial charge in [-0.1, -0.05) is 23.7 Å². The lowest BCUT2D eigenvalue weighted by Crippen LogP contribution is -2.50. The number of aromatic nitrogens is 3. The number of rotatable bonds is 7. The van der Waals surface area contributed by atoms with E-state index < -0.39 is 6.10 Å². The number of piperazine rings is 1. The van der Waals surface area contributed by atoms with E-state index in [4.69, 9.17) is 21.1 Å². The summed E-state index contributed by atoms with van der Waals surface area (Å²) in [6, 6.07) is 16.3. The minimum Gasteiger partial charge on any atom is -0.480 e. The number of nitrogens with one attached hydrogen (secondary N) is 2. The van der Waals surface area contributed by atoms with Gasteiger partial charge in [0.2, 0.25) is 5.88 Å².